The summed E-state index contributed by atoms with van der Waals surface area (Å²) in [6.07, 6.45) is 0. The zero-order valence-electron chi connectivity index (χ0n) is 10.0. The molecule has 0 saturated carbocycles. The monoisotopic (exact) mass is 272 g/mol. The van der Waals surface area contributed by atoms with Crippen molar-refractivity contribution in [3.8, 4) is 5.75 Å². The van der Waals surface area contributed by atoms with Crippen molar-refractivity contribution in [2.45, 2.75) is 13.8 Å². The van der Waals surface area contributed by atoms with Gasteiger partial charge in [-0.25, -0.2) is 9.59 Å². The topological polar surface area (TPSA) is 72.8 Å². The highest BCUT2D eigenvalue weighted by molar-refractivity contribution is 6.31. The molecule has 6 heteroatoms. The van der Waals surface area contributed by atoms with Crippen molar-refractivity contribution in [1.29, 1.82) is 0 Å². The first kappa shape index (κ1) is 14.3. The van der Waals surface area contributed by atoms with Gasteiger partial charge in [-0.2, -0.15) is 0 Å². The number of rotatable bonds is 4. The molecule has 98 valence electrons. The Morgan fingerprint density at radius 3 is 1.83 bits per heavy atom. The van der Waals surface area contributed by atoms with Gasteiger partial charge >= 0.3 is 11.9 Å². The van der Waals surface area contributed by atoms with E-state index in [0.717, 1.165) is 0 Å². The number of phenols is 1. The van der Waals surface area contributed by atoms with E-state index in [9.17, 15) is 14.7 Å². The van der Waals surface area contributed by atoms with E-state index in [1.54, 1.807) is 13.8 Å². The summed E-state index contributed by atoms with van der Waals surface area (Å²) in [7, 11) is 0. The molecule has 0 unspecified atom stereocenters. The molecule has 0 spiro atoms. The zero-order chi connectivity index (χ0) is 13.7. The summed E-state index contributed by atoms with van der Waals surface area (Å²) < 4.78 is 9.50. The van der Waals surface area contributed by atoms with Crippen LogP contribution in [0.3, 0.4) is 0 Å². The highest BCUT2D eigenvalue weighted by Gasteiger charge is 2.21. The lowest BCUT2D eigenvalue weighted by atomic mass is 10.1. The zero-order valence-corrected chi connectivity index (χ0v) is 10.8. The second-order valence-electron chi connectivity index (χ2n) is 3.29. The fourth-order valence-electron chi connectivity index (χ4n) is 1.33. The van der Waals surface area contributed by atoms with Crippen LogP contribution >= 0.6 is 11.6 Å². The summed E-state index contributed by atoms with van der Waals surface area (Å²) in [5.41, 5.74) is -0.320. The molecule has 0 aromatic heterocycles. The van der Waals surface area contributed by atoms with Gasteiger partial charge in [-0.3, -0.25) is 0 Å². The van der Waals surface area contributed by atoms with Crippen LogP contribution in [0.25, 0.3) is 0 Å². The lowest BCUT2D eigenvalue weighted by Crippen LogP contribution is -2.10. The molecular formula is C12H13ClO5. The quantitative estimate of drug-likeness (QED) is 0.852. The molecule has 1 N–H and O–H groups in total. The molecule has 0 aliphatic rings. The third-order valence-electron chi connectivity index (χ3n) is 2.07. The van der Waals surface area contributed by atoms with Crippen LogP contribution in [0.2, 0.25) is 5.02 Å². The van der Waals surface area contributed by atoms with E-state index < -0.39 is 17.7 Å². The molecule has 0 fully saturated rings. The largest absolute Gasteiger partial charge is 0.506 e. The number of ether oxygens (including phenoxy) is 2. The van der Waals surface area contributed by atoms with Crippen molar-refractivity contribution in [2.75, 3.05) is 13.2 Å². The molecule has 0 saturated heterocycles. The number of aromatic hydroxyl groups is 1. The van der Waals surface area contributed by atoms with Crippen LogP contribution in [0.4, 0.5) is 0 Å². The Labute approximate surface area is 109 Å². The summed E-state index contributed by atoms with van der Waals surface area (Å²) in [4.78, 5) is 23.1. The highest BCUT2D eigenvalue weighted by atomic mass is 35.5. The number of esters is 2. The van der Waals surface area contributed by atoms with E-state index in [2.05, 4.69) is 0 Å². The Kier molecular flexibility index (Phi) is 4.97. The first-order chi connectivity index (χ1) is 8.51. The van der Waals surface area contributed by atoms with E-state index in [0.29, 0.717) is 0 Å². The predicted molar refractivity (Wildman–Crippen MR) is 65.0 cm³/mol. The number of hydrogen-bond acceptors (Lipinski definition) is 5. The normalized spacial score (nSPS) is 9.94. The van der Waals surface area contributed by atoms with Crippen LogP contribution in [0.15, 0.2) is 12.1 Å². The molecule has 18 heavy (non-hydrogen) atoms. The average molecular weight is 273 g/mol. The lowest BCUT2D eigenvalue weighted by Gasteiger charge is -2.09. The second-order valence-corrected chi connectivity index (χ2v) is 3.73. The van der Waals surface area contributed by atoms with Gasteiger partial charge in [0, 0.05) is 5.02 Å². The Balaban J connectivity index is 3.22. The molecule has 0 heterocycles. The van der Waals surface area contributed by atoms with Crippen LogP contribution in [-0.4, -0.2) is 30.3 Å². The third kappa shape index (κ3) is 3.13. The minimum absolute atomic E-state index is 0.138. The first-order valence-corrected chi connectivity index (χ1v) is 5.75. The molecule has 5 nitrogen and oxygen atoms in total. The van der Waals surface area contributed by atoms with E-state index >= 15 is 0 Å². The number of carbonyl (C=O) groups excluding carboxylic acids is 2. The van der Waals surface area contributed by atoms with Crippen molar-refractivity contribution in [3.05, 3.63) is 28.3 Å². The van der Waals surface area contributed by atoms with E-state index in [-0.39, 0.29) is 29.4 Å². The maximum Gasteiger partial charge on any atom is 0.341 e. The molecular weight excluding hydrogens is 260 g/mol. The number of halogens is 1. The Morgan fingerprint density at radius 2 is 1.50 bits per heavy atom. The van der Waals surface area contributed by atoms with Gasteiger partial charge in [0.25, 0.3) is 0 Å². The van der Waals surface area contributed by atoms with Crippen molar-refractivity contribution in [3.63, 3.8) is 0 Å². The van der Waals surface area contributed by atoms with E-state index in [4.69, 9.17) is 21.1 Å². The Morgan fingerprint density at radius 1 is 1.11 bits per heavy atom. The fraction of sp³-hybridized carbons (Fsp3) is 0.333. The number of benzene rings is 1. The van der Waals surface area contributed by atoms with Crippen molar-refractivity contribution >= 4 is 23.5 Å². The smallest absolute Gasteiger partial charge is 0.341 e. The number of phenolic OH excluding ortho intramolecular Hbond substituents is 1. The van der Waals surface area contributed by atoms with Crippen molar-refractivity contribution in [2.24, 2.45) is 0 Å². The van der Waals surface area contributed by atoms with Crippen LogP contribution < -0.4 is 0 Å². The Bertz CT molecular complexity index is 431. The van der Waals surface area contributed by atoms with Crippen molar-refractivity contribution in [1.82, 2.24) is 0 Å². The third-order valence-corrected chi connectivity index (χ3v) is 2.28. The molecule has 1 aromatic rings. The second kappa shape index (κ2) is 6.26. The van der Waals surface area contributed by atoms with Gasteiger partial charge < -0.3 is 14.6 Å². The van der Waals surface area contributed by atoms with Crippen LogP contribution in [0, 0.1) is 0 Å². The molecule has 0 aliphatic heterocycles. The van der Waals surface area contributed by atoms with Gasteiger partial charge in [0.15, 0.2) is 0 Å². The summed E-state index contributed by atoms with van der Waals surface area (Å²) in [5, 5.41) is 9.98. The standard InChI is InChI=1S/C12H13ClO5/c1-3-17-11(15)8-5-7(13)6-9(10(8)14)12(16)18-4-2/h5-6,14H,3-4H2,1-2H3. The fourth-order valence-corrected chi connectivity index (χ4v) is 1.55. The van der Waals surface area contributed by atoms with Crippen LogP contribution in [0.5, 0.6) is 5.75 Å². The summed E-state index contributed by atoms with van der Waals surface area (Å²) >= 11 is 5.78. The summed E-state index contributed by atoms with van der Waals surface area (Å²) in [5.74, 6) is -1.98. The minimum atomic E-state index is -0.747. The number of hydrogen-bond donors (Lipinski definition) is 1. The van der Waals surface area contributed by atoms with Crippen LogP contribution in [-0.2, 0) is 9.47 Å². The molecule has 0 atom stereocenters. The predicted octanol–water partition coefficient (Wildman–Crippen LogP) is 2.40. The maximum absolute atomic E-state index is 11.6. The van der Waals surface area contributed by atoms with Gasteiger partial charge in [-0.05, 0) is 26.0 Å². The average Bonchev–Trinajstić information content (AvgIpc) is 2.32. The van der Waals surface area contributed by atoms with Gasteiger partial charge in [-0.1, -0.05) is 11.6 Å². The molecule has 0 bridgehead atoms. The minimum Gasteiger partial charge on any atom is -0.506 e. The molecule has 1 aromatic carbocycles. The molecule has 0 aliphatic carbocycles. The van der Waals surface area contributed by atoms with E-state index in [1.807, 2.05) is 0 Å². The molecule has 0 amide bonds. The number of carbonyl (C=O) groups is 2. The Hall–Kier alpha value is -1.75. The SMILES string of the molecule is CCOC(=O)c1cc(Cl)cc(C(=O)OCC)c1O. The van der Waals surface area contributed by atoms with Gasteiger partial charge in [-0.15, -0.1) is 0 Å². The van der Waals surface area contributed by atoms with Gasteiger partial charge in [0.2, 0.25) is 0 Å². The van der Waals surface area contributed by atoms with Gasteiger partial charge in [0.1, 0.15) is 16.9 Å². The maximum atomic E-state index is 11.6. The van der Waals surface area contributed by atoms with Gasteiger partial charge in [0.05, 0.1) is 13.2 Å². The lowest BCUT2D eigenvalue weighted by molar-refractivity contribution is 0.0518. The summed E-state index contributed by atoms with van der Waals surface area (Å²) in [6.45, 7) is 3.57. The van der Waals surface area contributed by atoms with E-state index in [1.165, 1.54) is 12.1 Å². The van der Waals surface area contributed by atoms with Crippen LogP contribution in [0.1, 0.15) is 34.6 Å². The summed E-state index contributed by atoms with van der Waals surface area (Å²) in [6, 6.07) is 2.47. The molecule has 0 radical (unpaired) electrons. The first-order valence-electron chi connectivity index (χ1n) is 5.38. The highest BCUT2D eigenvalue weighted by Crippen LogP contribution is 2.28. The molecule has 1 rings (SSSR count). The van der Waals surface area contributed by atoms with Crippen molar-refractivity contribution < 1.29 is 24.2 Å².